The van der Waals surface area contributed by atoms with Crippen LogP contribution in [0.15, 0.2) is 0 Å². The van der Waals surface area contributed by atoms with Crippen LogP contribution in [-0.4, -0.2) is 23.8 Å². The number of nitrogens with zero attached hydrogens (tertiary/aromatic N) is 1. The molecule has 0 atom stereocenters. The maximum atomic E-state index is 8.07. The van der Waals surface area contributed by atoms with Gasteiger partial charge < -0.3 is 4.90 Å². The number of hydrogen-bond acceptors (Lipinski definition) is 1. The van der Waals surface area contributed by atoms with Gasteiger partial charge in [-0.2, -0.15) is 0 Å². The van der Waals surface area contributed by atoms with Gasteiger partial charge in [-0.25, -0.2) is 0 Å². The first-order valence-electron chi connectivity index (χ1n) is 6.21. The second-order valence-corrected chi connectivity index (χ2v) is 4.77. The van der Waals surface area contributed by atoms with Crippen LogP contribution >= 0.6 is 0 Å². The summed E-state index contributed by atoms with van der Waals surface area (Å²) >= 11 is 0. The number of rotatable bonds is 1. The maximum absolute atomic E-state index is 8.07. The molecule has 0 unspecified atom stereocenters. The SMILES string of the molecule is N=C(C1CC1)N1CCCCCCCC1. The van der Waals surface area contributed by atoms with Crippen LogP contribution in [0.2, 0.25) is 0 Å². The number of nitrogens with one attached hydrogen (secondary N) is 1. The van der Waals surface area contributed by atoms with E-state index < -0.39 is 0 Å². The van der Waals surface area contributed by atoms with Crippen molar-refractivity contribution >= 4 is 5.84 Å². The molecule has 0 aromatic carbocycles. The summed E-state index contributed by atoms with van der Waals surface area (Å²) < 4.78 is 0. The van der Waals surface area contributed by atoms with Gasteiger partial charge in [-0.05, 0) is 25.7 Å². The van der Waals surface area contributed by atoms with Gasteiger partial charge in [-0.1, -0.05) is 25.7 Å². The Morgan fingerprint density at radius 1 is 0.857 bits per heavy atom. The van der Waals surface area contributed by atoms with Crippen molar-refractivity contribution < 1.29 is 0 Å². The molecular weight excluding hydrogens is 172 g/mol. The maximum Gasteiger partial charge on any atom is 0.0989 e. The average molecular weight is 194 g/mol. The van der Waals surface area contributed by atoms with Crippen LogP contribution in [0, 0.1) is 11.3 Å². The van der Waals surface area contributed by atoms with Gasteiger partial charge in [0.05, 0.1) is 5.84 Å². The molecule has 1 saturated heterocycles. The molecule has 2 nitrogen and oxygen atoms in total. The molecule has 2 aliphatic rings. The van der Waals surface area contributed by atoms with Gasteiger partial charge in [0.25, 0.3) is 0 Å². The Labute approximate surface area is 87.2 Å². The van der Waals surface area contributed by atoms with Gasteiger partial charge >= 0.3 is 0 Å². The van der Waals surface area contributed by atoms with E-state index in [1.807, 2.05) is 0 Å². The highest BCUT2D eigenvalue weighted by molar-refractivity contribution is 5.83. The van der Waals surface area contributed by atoms with E-state index in [-0.39, 0.29) is 0 Å². The molecule has 0 spiro atoms. The lowest BCUT2D eigenvalue weighted by Crippen LogP contribution is -2.33. The van der Waals surface area contributed by atoms with Gasteiger partial charge in [0.1, 0.15) is 0 Å². The van der Waals surface area contributed by atoms with E-state index in [4.69, 9.17) is 5.41 Å². The molecule has 1 aliphatic heterocycles. The van der Waals surface area contributed by atoms with Crippen molar-refractivity contribution in [2.75, 3.05) is 13.1 Å². The van der Waals surface area contributed by atoms with Crippen LogP contribution in [0.5, 0.6) is 0 Å². The van der Waals surface area contributed by atoms with E-state index in [0.717, 1.165) is 18.9 Å². The average Bonchev–Trinajstić information content (AvgIpc) is 2.99. The lowest BCUT2D eigenvalue weighted by molar-refractivity contribution is 0.393. The van der Waals surface area contributed by atoms with E-state index >= 15 is 0 Å². The van der Waals surface area contributed by atoms with Crippen molar-refractivity contribution in [1.82, 2.24) is 4.90 Å². The highest BCUT2D eigenvalue weighted by Crippen LogP contribution is 2.31. The molecule has 14 heavy (non-hydrogen) atoms. The van der Waals surface area contributed by atoms with Crippen molar-refractivity contribution in [1.29, 1.82) is 5.41 Å². The standard InChI is InChI=1S/C12H22N2/c13-12(11-7-8-11)14-9-5-3-1-2-4-6-10-14/h11,13H,1-10H2. The van der Waals surface area contributed by atoms with E-state index in [1.54, 1.807) is 0 Å². The lowest BCUT2D eigenvalue weighted by atomic mass is 10.1. The predicted octanol–water partition coefficient (Wildman–Crippen LogP) is 3.03. The van der Waals surface area contributed by atoms with Crippen LogP contribution in [-0.2, 0) is 0 Å². The van der Waals surface area contributed by atoms with Crippen LogP contribution in [0.3, 0.4) is 0 Å². The summed E-state index contributed by atoms with van der Waals surface area (Å²) in [5.41, 5.74) is 0. The van der Waals surface area contributed by atoms with Crippen LogP contribution in [0.25, 0.3) is 0 Å². The molecule has 0 radical (unpaired) electrons. The van der Waals surface area contributed by atoms with Gasteiger partial charge in [0.15, 0.2) is 0 Å². The molecule has 0 amide bonds. The van der Waals surface area contributed by atoms with Crippen LogP contribution < -0.4 is 0 Å². The minimum atomic E-state index is 0.635. The smallest absolute Gasteiger partial charge is 0.0989 e. The Kier molecular flexibility index (Phi) is 3.44. The molecule has 0 bridgehead atoms. The monoisotopic (exact) mass is 194 g/mol. The molecule has 1 saturated carbocycles. The summed E-state index contributed by atoms with van der Waals surface area (Å²) in [6, 6.07) is 0. The summed E-state index contributed by atoms with van der Waals surface area (Å²) in [6.07, 6.45) is 10.7. The topological polar surface area (TPSA) is 27.1 Å². The normalized spacial score (nSPS) is 25.0. The Morgan fingerprint density at radius 2 is 1.36 bits per heavy atom. The second kappa shape index (κ2) is 4.81. The third-order valence-corrected chi connectivity index (χ3v) is 3.41. The third kappa shape index (κ3) is 2.73. The zero-order valence-corrected chi connectivity index (χ0v) is 9.10. The van der Waals surface area contributed by atoms with Crippen molar-refractivity contribution in [3.63, 3.8) is 0 Å². The zero-order chi connectivity index (χ0) is 9.80. The summed E-state index contributed by atoms with van der Waals surface area (Å²) in [7, 11) is 0. The Morgan fingerprint density at radius 3 is 1.86 bits per heavy atom. The summed E-state index contributed by atoms with van der Waals surface area (Å²) in [5, 5.41) is 8.07. The van der Waals surface area contributed by atoms with Crippen molar-refractivity contribution in [3.05, 3.63) is 0 Å². The first-order valence-corrected chi connectivity index (χ1v) is 6.21. The van der Waals surface area contributed by atoms with E-state index in [2.05, 4.69) is 4.90 Å². The molecule has 0 aromatic heterocycles. The highest BCUT2D eigenvalue weighted by atomic mass is 15.2. The Bertz CT molecular complexity index is 186. The largest absolute Gasteiger partial charge is 0.360 e. The fourth-order valence-corrected chi connectivity index (χ4v) is 2.28. The molecule has 1 heterocycles. The number of amidine groups is 1. The molecule has 1 N–H and O–H groups in total. The predicted molar refractivity (Wildman–Crippen MR) is 59.7 cm³/mol. The zero-order valence-electron chi connectivity index (χ0n) is 9.10. The number of hydrogen-bond donors (Lipinski definition) is 1. The first kappa shape index (κ1) is 10.0. The fourth-order valence-electron chi connectivity index (χ4n) is 2.28. The van der Waals surface area contributed by atoms with Crippen LogP contribution in [0.4, 0.5) is 0 Å². The Balaban J connectivity index is 1.83. The molecule has 2 fully saturated rings. The minimum absolute atomic E-state index is 0.635. The van der Waals surface area contributed by atoms with Crippen molar-refractivity contribution in [3.8, 4) is 0 Å². The van der Waals surface area contributed by atoms with Crippen LogP contribution in [0.1, 0.15) is 51.4 Å². The van der Waals surface area contributed by atoms with Gasteiger partial charge in [0.2, 0.25) is 0 Å². The third-order valence-electron chi connectivity index (χ3n) is 3.41. The van der Waals surface area contributed by atoms with E-state index in [0.29, 0.717) is 5.92 Å². The van der Waals surface area contributed by atoms with E-state index in [1.165, 1.54) is 51.4 Å². The van der Waals surface area contributed by atoms with Gasteiger partial charge in [-0.3, -0.25) is 5.41 Å². The molecule has 80 valence electrons. The Hall–Kier alpha value is -0.530. The molecule has 2 rings (SSSR count). The van der Waals surface area contributed by atoms with Crippen molar-refractivity contribution in [2.45, 2.75) is 51.4 Å². The lowest BCUT2D eigenvalue weighted by Gasteiger charge is -2.24. The summed E-state index contributed by atoms with van der Waals surface area (Å²) in [4.78, 5) is 2.35. The second-order valence-electron chi connectivity index (χ2n) is 4.77. The highest BCUT2D eigenvalue weighted by Gasteiger charge is 2.29. The molecule has 2 heteroatoms. The quantitative estimate of drug-likeness (QED) is 0.504. The summed E-state index contributed by atoms with van der Waals surface area (Å²) in [5.74, 6) is 1.59. The summed E-state index contributed by atoms with van der Waals surface area (Å²) in [6.45, 7) is 2.30. The minimum Gasteiger partial charge on any atom is -0.360 e. The first-order chi connectivity index (χ1) is 6.88. The molecule has 1 aliphatic carbocycles. The fraction of sp³-hybridized carbons (Fsp3) is 0.917. The molecule has 0 aromatic rings. The molecular formula is C12H22N2. The van der Waals surface area contributed by atoms with E-state index in [9.17, 15) is 0 Å². The van der Waals surface area contributed by atoms with Gasteiger partial charge in [-0.15, -0.1) is 0 Å². The van der Waals surface area contributed by atoms with Crippen molar-refractivity contribution in [2.24, 2.45) is 5.92 Å². The van der Waals surface area contributed by atoms with Gasteiger partial charge in [0, 0.05) is 19.0 Å².